The lowest BCUT2D eigenvalue weighted by Gasteiger charge is -2.17. The summed E-state index contributed by atoms with van der Waals surface area (Å²) in [5.74, 6) is 0.402. The van der Waals surface area contributed by atoms with Crippen molar-refractivity contribution in [3.8, 4) is 28.3 Å². The van der Waals surface area contributed by atoms with Crippen molar-refractivity contribution in [2.24, 2.45) is 7.05 Å². The van der Waals surface area contributed by atoms with Gasteiger partial charge in [0, 0.05) is 37.0 Å². The monoisotopic (exact) mass is 511 g/mol. The molecular formula is C30H33N5O3. The number of aromatic nitrogens is 5. The van der Waals surface area contributed by atoms with Gasteiger partial charge < -0.3 is 9.47 Å². The van der Waals surface area contributed by atoms with Gasteiger partial charge in [-0.25, -0.2) is 4.98 Å². The van der Waals surface area contributed by atoms with Gasteiger partial charge in [-0.3, -0.25) is 19.4 Å². The van der Waals surface area contributed by atoms with E-state index in [1.165, 1.54) is 0 Å². The molecule has 3 heterocycles. The zero-order valence-electron chi connectivity index (χ0n) is 22.6. The van der Waals surface area contributed by atoms with E-state index >= 15 is 0 Å². The number of hydrogen-bond donors (Lipinski definition) is 0. The highest BCUT2D eigenvalue weighted by Gasteiger charge is 2.53. The Morgan fingerprint density at radius 2 is 1.87 bits per heavy atom. The molecule has 0 aliphatic heterocycles. The summed E-state index contributed by atoms with van der Waals surface area (Å²) in [6.07, 6.45) is 9.37. The van der Waals surface area contributed by atoms with Crippen molar-refractivity contribution in [1.29, 1.82) is 0 Å². The second-order valence-corrected chi connectivity index (χ2v) is 10.1. The SMILES string of the molecule is CCOC(=O)C1(c2ccc(-c3ccc(-c4cnn(C)c4Cc4cncc(OC(C)C)n4)nc3)cc2C)CC1. The predicted octanol–water partition coefficient (Wildman–Crippen LogP) is 5.22. The molecule has 3 aromatic heterocycles. The Hall–Kier alpha value is -4.07. The van der Waals surface area contributed by atoms with E-state index in [4.69, 9.17) is 14.5 Å². The van der Waals surface area contributed by atoms with Gasteiger partial charge in [0.1, 0.15) is 0 Å². The van der Waals surface area contributed by atoms with Crippen LogP contribution in [0.25, 0.3) is 22.4 Å². The number of nitrogens with zero attached hydrogens (tertiary/aromatic N) is 5. The first kappa shape index (κ1) is 25.6. The maximum absolute atomic E-state index is 12.6. The highest BCUT2D eigenvalue weighted by Crippen LogP contribution is 2.50. The number of carbonyl (C=O) groups is 1. The molecule has 4 aromatic rings. The quantitative estimate of drug-likeness (QED) is 0.285. The van der Waals surface area contributed by atoms with E-state index in [-0.39, 0.29) is 12.1 Å². The molecule has 8 heteroatoms. The summed E-state index contributed by atoms with van der Waals surface area (Å²) in [4.78, 5) is 26.2. The molecule has 1 aromatic carbocycles. The number of pyridine rings is 1. The molecule has 1 fully saturated rings. The Morgan fingerprint density at radius 1 is 1.08 bits per heavy atom. The van der Waals surface area contributed by atoms with Crippen molar-refractivity contribution in [2.75, 3.05) is 6.61 Å². The van der Waals surface area contributed by atoms with Crippen molar-refractivity contribution in [3.63, 3.8) is 0 Å². The minimum Gasteiger partial charge on any atom is -0.474 e. The van der Waals surface area contributed by atoms with Crippen molar-refractivity contribution < 1.29 is 14.3 Å². The molecule has 38 heavy (non-hydrogen) atoms. The number of esters is 1. The van der Waals surface area contributed by atoms with Crippen LogP contribution < -0.4 is 4.74 Å². The van der Waals surface area contributed by atoms with Crippen molar-refractivity contribution in [2.45, 2.75) is 58.5 Å². The summed E-state index contributed by atoms with van der Waals surface area (Å²) in [6, 6.07) is 10.4. The lowest BCUT2D eigenvalue weighted by Crippen LogP contribution is -2.24. The van der Waals surface area contributed by atoms with E-state index in [1.54, 1.807) is 12.4 Å². The standard InChI is InChI=1S/C30H33N5O3/c1-6-37-29(36)30(11-12-30)25-9-7-21(13-20(25)4)22-8-10-26(32-15-22)24-17-33-35(5)27(24)14-23-16-31-18-28(34-23)38-19(2)3/h7-10,13,15-19H,6,11-12,14H2,1-5H3. The highest BCUT2D eigenvalue weighted by molar-refractivity contribution is 5.87. The van der Waals surface area contributed by atoms with Crippen molar-refractivity contribution in [3.05, 3.63) is 77.6 Å². The van der Waals surface area contributed by atoms with Crippen molar-refractivity contribution in [1.82, 2.24) is 24.7 Å². The van der Waals surface area contributed by atoms with Gasteiger partial charge in [-0.05, 0) is 63.3 Å². The van der Waals surface area contributed by atoms with Gasteiger partial charge in [-0.1, -0.05) is 24.3 Å². The predicted molar refractivity (Wildman–Crippen MR) is 145 cm³/mol. The Kier molecular flexibility index (Phi) is 6.97. The topological polar surface area (TPSA) is 92.0 Å². The third-order valence-corrected chi connectivity index (χ3v) is 6.96. The number of ether oxygens (including phenoxy) is 2. The van der Waals surface area contributed by atoms with Crippen LogP contribution in [0.15, 0.2) is 55.1 Å². The Morgan fingerprint density at radius 3 is 2.53 bits per heavy atom. The zero-order chi connectivity index (χ0) is 26.9. The fourth-order valence-corrected chi connectivity index (χ4v) is 4.91. The maximum atomic E-state index is 12.6. The van der Waals surface area contributed by atoms with Gasteiger partial charge in [0.2, 0.25) is 5.88 Å². The Balaban J connectivity index is 1.37. The second kappa shape index (κ2) is 10.4. The molecule has 0 bridgehead atoms. The normalized spacial score (nSPS) is 13.9. The minimum absolute atomic E-state index is 0.0295. The van der Waals surface area contributed by atoms with E-state index in [0.29, 0.717) is 18.9 Å². The third kappa shape index (κ3) is 5.03. The molecular weight excluding hydrogens is 478 g/mol. The average molecular weight is 512 g/mol. The number of hydrogen-bond acceptors (Lipinski definition) is 7. The van der Waals surface area contributed by atoms with Crippen LogP contribution in [-0.4, -0.2) is 43.4 Å². The summed E-state index contributed by atoms with van der Waals surface area (Å²) in [5.41, 5.74) is 7.35. The van der Waals surface area contributed by atoms with Gasteiger partial charge in [0.25, 0.3) is 0 Å². The van der Waals surface area contributed by atoms with Crippen LogP contribution in [-0.2, 0) is 28.4 Å². The van der Waals surface area contributed by atoms with Crippen LogP contribution >= 0.6 is 0 Å². The summed E-state index contributed by atoms with van der Waals surface area (Å²) in [6.45, 7) is 8.24. The van der Waals surface area contributed by atoms with E-state index in [2.05, 4.69) is 46.3 Å². The lowest BCUT2D eigenvalue weighted by atomic mass is 9.89. The van der Waals surface area contributed by atoms with E-state index in [1.807, 2.05) is 51.0 Å². The summed E-state index contributed by atoms with van der Waals surface area (Å²) in [7, 11) is 1.92. The molecule has 1 saturated carbocycles. The number of carbonyl (C=O) groups excluding carboxylic acids is 1. The highest BCUT2D eigenvalue weighted by atomic mass is 16.5. The number of rotatable bonds is 9. The fraction of sp³-hybridized carbons (Fsp3) is 0.367. The molecule has 0 spiro atoms. The minimum atomic E-state index is -0.470. The molecule has 1 aliphatic rings. The molecule has 0 amide bonds. The lowest BCUT2D eigenvalue weighted by molar-refractivity contribution is -0.146. The first-order chi connectivity index (χ1) is 18.3. The Bertz CT molecular complexity index is 1460. The van der Waals surface area contributed by atoms with E-state index < -0.39 is 5.41 Å². The number of benzene rings is 1. The molecule has 0 unspecified atom stereocenters. The fourth-order valence-electron chi connectivity index (χ4n) is 4.91. The van der Waals surface area contributed by atoms with Crippen LogP contribution in [0.2, 0.25) is 0 Å². The molecule has 0 radical (unpaired) electrons. The molecule has 5 rings (SSSR count). The smallest absolute Gasteiger partial charge is 0.316 e. The first-order valence-electron chi connectivity index (χ1n) is 13.0. The largest absolute Gasteiger partial charge is 0.474 e. The maximum Gasteiger partial charge on any atom is 0.316 e. The van der Waals surface area contributed by atoms with Gasteiger partial charge in [0.05, 0.1) is 47.6 Å². The summed E-state index contributed by atoms with van der Waals surface area (Å²) < 4.78 is 12.9. The molecule has 0 N–H and O–H groups in total. The third-order valence-electron chi connectivity index (χ3n) is 6.96. The van der Waals surface area contributed by atoms with Crippen LogP contribution in [0.3, 0.4) is 0 Å². The van der Waals surface area contributed by atoms with Gasteiger partial charge in [-0.15, -0.1) is 0 Å². The van der Waals surface area contributed by atoms with Crippen LogP contribution in [0.4, 0.5) is 0 Å². The van der Waals surface area contributed by atoms with Gasteiger partial charge in [-0.2, -0.15) is 5.10 Å². The summed E-state index contributed by atoms with van der Waals surface area (Å²) >= 11 is 0. The van der Waals surface area contributed by atoms with Crippen LogP contribution in [0.5, 0.6) is 5.88 Å². The van der Waals surface area contributed by atoms with E-state index in [9.17, 15) is 4.79 Å². The average Bonchev–Trinajstić information content (AvgIpc) is 3.63. The first-order valence-corrected chi connectivity index (χ1v) is 13.0. The molecule has 196 valence electrons. The zero-order valence-corrected chi connectivity index (χ0v) is 22.6. The molecule has 8 nitrogen and oxygen atoms in total. The van der Waals surface area contributed by atoms with Crippen molar-refractivity contribution >= 4 is 5.97 Å². The molecule has 0 atom stereocenters. The van der Waals surface area contributed by atoms with Crippen LogP contribution in [0, 0.1) is 6.92 Å². The second-order valence-electron chi connectivity index (χ2n) is 10.1. The van der Waals surface area contributed by atoms with Gasteiger partial charge in [0.15, 0.2) is 0 Å². The Labute approximate surface area is 223 Å². The number of aryl methyl sites for hydroxylation is 2. The van der Waals surface area contributed by atoms with Gasteiger partial charge >= 0.3 is 5.97 Å². The molecule has 0 saturated heterocycles. The van der Waals surface area contributed by atoms with Crippen LogP contribution in [0.1, 0.15) is 56.1 Å². The molecule has 1 aliphatic carbocycles. The summed E-state index contributed by atoms with van der Waals surface area (Å²) in [5, 5.41) is 4.48. The van der Waals surface area contributed by atoms with E-state index in [0.717, 1.165) is 57.7 Å².